The van der Waals surface area contributed by atoms with Crippen molar-refractivity contribution in [2.45, 2.75) is 18.9 Å². The standard InChI is InChI=1S/C18H21N3O2S/c1-23-13-5-2-11(3-6-13)17-20-16(10-24-17)18(22)21-8-12-4-7-15(19)14(12)9-21/h2-3,5-6,10,12,14-15H,4,7-9,19H2,1H3. The first-order valence-corrected chi connectivity index (χ1v) is 9.18. The average Bonchev–Trinajstić information content (AvgIpc) is 3.32. The molecular formula is C18H21N3O2S. The van der Waals surface area contributed by atoms with Crippen molar-refractivity contribution in [2.75, 3.05) is 20.2 Å². The van der Waals surface area contributed by atoms with Crippen molar-refractivity contribution >= 4 is 17.2 Å². The quantitative estimate of drug-likeness (QED) is 0.930. The molecule has 6 heteroatoms. The lowest BCUT2D eigenvalue weighted by molar-refractivity contribution is 0.0774. The molecule has 2 fully saturated rings. The minimum atomic E-state index is 0.0348. The predicted octanol–water partition coefficient (Wildman–Crippen LogP) is 2.63. The van der Waals surface area contributed by atoms with Crippen molar-refractivity contribution in [2.24, 2.45) is 17.6 Å². The number of nitrogens with zero attached hydrogens (tertiary/aromatic N) is 2. The van der Waals surface area contributed by atoms with E-state index in [1.54, 1.807) is 7.11 Å². The van der Waals surface area contributed by atoms with Crippen LogP contribution in [0.3, 0.4) is 0 Å². The van der Waals surface area contributed by atoms with Crippen molar-refractivity contribution < 1.29 is 9.53 Å². The number of rotatable bonds is 3. The summed E-state index contributed by atoms with van der Waals surface area (Å²) in [4.78, 5) is 19.2. The first-order valence-electron chi connectivity index (χ1n) is 8.30. The molecule has 5 nitrogen and oxygen atoms in total. The number of amides is 1. The van der Waals surface area contributed by atoms with Crippen LogP contribution in [-0.2, 0) is 0 Å². The highest BCUT2D eigenvalue weighted by atomic mass is 32.1. The largest absolute Gasteiger partial charge is 0.497 e. The summed E-state index contributed by atoms with van der Waals surface area (Å²) in [5, 5.41) is 2.72. The van der Waals surface area contributed by atoms with Gasteiger partial charge in [-0.05, 0) is 48.9 Å². The normalized spacial score (nSPS) is 25.8. The summed E-state index contributed by atoms with van der Waals surface area (Å²) in [5.74, 6) is 1.89. The summed E-state index contributed by atoms with van der Waals surface area (Å²) in [6, 6.07) is 7.98. The molecule has 2 aromatic rings. The molecule has 0 radical (unpaired) electrons. The van der Waals surface area contributed by atoms with Gasteiger partial charge in [0, 0.05) is 30.1 Å². The predicted molar refractivity (Wildman–Crippen MR) is 94.2 cm³/mol. The Labute approximate surface area is 145 Å². The zero-order chi connectivity index (χ0) is 16.7. The second kappa shape index (κ2) is 6.18. The number of thiazole rings is 1. The topological polar surface area (TPSA) is 68.5 Å². The Morgan fingerprint density at radius 3 is 2.79 bits per heavy atom. The van der Waals surface area contributed by atoms with E-state index in [1.165, 1.54) is 11.3 Å². The van der Waals surface area contributed by atoms with Crippen LogP contribution in [0.15, 0.2) is 29.6 Å². The molecule has 24 heavy (non-hydrogen) atoms. The van der Waals surface area contributed by atoms with E-state index in [0.717, 1.165) is 42.3 Å². The zero-order valence-electron chi connectivity index (χ0n) is 13.6. The Bertz CT molecular complexity index is 743. The fraction of sp³-hybridized carbons (Fsp3) is 0.444. The van der Waals surface area contributed by atoms with Gasteiger partial charge in [-0.2, -0.15) is 0 Å². The highest BCUT2D eigenvalue weighted by molar-refractivity contribution is 7.13. The Kier molecular flexibility index (Phi) is 4.02. The van der Waals surface area contributed by atoms with Gasteiger partial charge in [0.1, 0.15) is 16.5 Å². The van der Waals surface area contributed by atoms with Gasteiger partial charge in [-0.3, -0.25) is 4.79 Å². The highest BCUT2D eigenvalue weighted by Crippen LogP contribution is 2.37. The molecule has 0 spiro atoms. The Hall–Kier alpha value is -1.92. The molecule has 1 aliphatic carbocycles. The van der Waals surface area contributed by atoms with Crippen LogP contribution in [0.4, 0.5) is 0 Å². The number of methoxy groups -OCH3 is 1. The number of likely N-dealkylation sites (tertiary alicyclic amines) is 1. The molecule has 1 aromatic heterocycles. The minimum Gasteiger partial charge on any atom is -0.497 e. The van der Waals surface area contributed by atoms with E-state index in [-0.39, 0.29) is 11.9 Å². The summed E-state index contributed by atoms with van der Waals surface area (Å²) in [5.41, 5.74) is 7.70. The molecular weight excluding hydrogens is 322 g/mol. The van der Waals surface area contributed by atoms with Gasteiger partial charge >= 0.3 is 0 Å². The fourth-order valence-corrected chi connectivity index (χ4v) is 4.67. The number of carbonyl (C=O) groups excluding carboxylic acids is 1. The summed E-state index contributed by atoms with van der Waals surface area (Å²) in [7, 11) is 1.65. The molecule has 0 bridgehead atoms. The summed E-state index contributed by atoms with van der Waals surface area (Å²) in [6.45, 7) is 1.60. The molecule has 1 saturated carbocycles. The second-order valence-electron chi connectivity index (χ2n) is 6.64. The lowest BCUT2D eigenvalue weighted by Gasteiger charge is -2.17. The third kappa shape index (κ3) is 2.70. The molecule has 2 aliphatic rings. The molecule has 2 N–H and O–H groups in total. The zero-order valence-corrected chi connectivity index (χ0v) is 14.5. The van der Waals surface area contributed by atoms with Gasteiger partial charge in [0.2, 0.25) is 0 Å². The summed E-state index contributed by atoms with van der Waals surface area (Å²) >= 11 is 1.50. The van der Waals surface area contributed by atoms with Crippen molar-refractivity contribution in [1.82, 2.24) is 9.88 Å². The van der Waals surface area contributed by atoms with Crippen LogP contribution in [0.25, 0.3) is 10.6 Å². The number of hydrogen-bond donors (Lipinski definition) is 1. The van der Waals surface area contributed by atoms with Crippen molar-refractivity contribution in [3.8, 4) is 16.3 Å². The van der Waals surface area contributed by atoms with E-state index in [1.807, 2.05) is 34.5 Å². The number of hydrogen-bond acceptors (Lipinski definition) is 5. The van der Waals surface area contributed by atoms with E-state index in [9.17, 15) is 4.79 Å². The molecule has 1 aliphatic heterocycles. The lowest BCUT2D eigenvalue weighted by atomic mass is 9.98. The summed E-state index contributed by atoms with van der Waals surface area (Å²) in [6.07, 6.45) is 2.24. The number of aromatic nitrogens is 1. The lowest BCUT2D eigenvalue weighted by Crippen LogP contribution is -2.33. The van der Waals surface area contributed by atoms with Gasteiger partial charge in [0.15, 0.2) is 0 Å². The van der Waals surface area contributed by atoms with Crippen molar-refractivity contribution in [1.29, 1.82) is 0 Å². The van der Waals surface area contributed by atoms with E-state index >= 15 is 0 Å². The third-order valence-corrected chi connectivity index (χ3v) is 6.15. The minimum absolute atomic E-state index is 0.0348. The van der Waals surface area contributed by atoms with Crippen molar-refractivity contribution in [3.05, 3.63) is 35.3 Å². The number of ether oxygens (including phenoxy) is 1. The Morgan fingerprint density at radius 2 is 2.08 bits per heavy atom. The van der Waals surface area contributed by atoms with E-state index in [4.69, 9.17) is 10.5 Å². The molecule has 1 saturated heterocycles. The first kappa shape index (κ1) is 15.6. The molecule has 3 unspecified atom stereocenters. The molecule has 2 heterocycles. The van der Waals surface area contributed by atoms with Gasteiger partial charge in [-0.25, -0.2) is 4.98 Å². The van der Waals surface area contributed by atoms with Crippen LogP contribution in [0.2, 0.25) is 0 Å². The molecule has 1 aromatic carbocycles. The fourth-order valence-electron chi connectivity index (χ4n) is 3.87. The molecule has 4 rings (SSSR count). The molecule has 126 valence electrons. The van der Waals surface area contributed by atoms with Gasteiger partial charge in [-0.1, -0.05) is 0 Å². The number of fused-ring (bicyclic) bond motifs is 1. The van der Waals surface area contributed by atoms with Crippen LogP contribution in [0.1, 0.15) is 23.3 Å². The van der Waals surface area contributed by atoms with Crippen LogP contribution >= 0.6 is 11.3 Å². The maximum absolute atomic E-state index is 12.7. The smallest absolute Gasteiger partial charge is 0.273 e. The van der Waals surface area contributed by atoms with Gasteiger partial charge < -0.3 is 15.4 Å². The van der Waals surface area contributed by atoms with Crippen LogP contribution in [-0.4, -0.2) is 42.0 Å². The van der Waals surface area contributed by atoms with Crippen LogP contribution in [0, 0.1) is 11.8 Å². The van der Waals surface area contributed by atoms with Gasteiger partial charge in [0.05, 0.1) is 7.11 Å². The second-order valence-corrected chi connectivity index (χ2v) is 7.50. The number of benzene rings is 1. The SMILES string of the molecule is COc1ccc(-c2nc(C(=O)N3CC4CCC(N)C4C3)cs2)cc1. The maximum atomic E-state index is 12.7. The highest BCUT2D eigenvalue weighted by Gasteiger charge is 2.42. The third-order valence-electron chi connectivity index (χ3n) is 5.26. The molecule has 3 atom stereocenters. The monoisotopic (exact) mass is 343 g/mol. The summed E-state index contributed by atoms with van der Waals surface area (Å²) < 4.78 is 5.17. The van der Waals surface area contributed by atoms with E-state index in [2.05, 4.69) is 4.98 Å². The number of carbonyl (C=O) groups is 1. The Morgan fingerprint density at radius 1 is 1.29 bits per heavy atom. The van der Waals surface area contributed by atoms with E-state index in [0.29, 0.717) is 17.5 Å². The van der Waals surface area contributed by atoms with Crippen molar-refractivity contribution in [3.63, 3.8) is 0 Å². The van der Waals surface area contributed by atoms with E-state index < -0.39 is 0 Å². The maximum Gasteiger partial charge on any atom is 0.273 e. The average molecular weight is 343 g/mol. The Balaban J connectivity index is 1.49. The number of nitrogens with two attached hydrogens (primary N) is 1. The molecule has 1 amide bonds. The van der Waals surface area contributed by atoms with Crippen LogP contribution < -0.4 is 10.5 Å². The van der Waals surface area contributed by atoms with Crippen LogP contribution in [0.5, 0.6) is 5.75 Å². The van der Waals surface area contributed by atoms with Gasteiger partial charge in [0.25, 0.3) is 5.91 Å². The van der Waals surface area contributed by atoms with Gasteiger partial charge in [-0.15, -0.1) is 11.3 Å². The first-order chi connectivity index (χ1) is 11.7.